The highest BCUT2D eigenvalue weighted by atomic mass is 16.1. The quantitative estimate of drug-likeness (QED) is 0.619. The molecule has 0 aliphatic heterocycles. The smallest absolute Gasteiger partial charge is 0.254 e. The number of nitrogens with one attached hydrogen (secondary N) is 2. The standard InChI is InChI=1S/C23H33N5O2/c1-17-20(23(30)27-22(26-17)18-11-14-24-15-12-18)9-10-21(29)25-13-6-16-28(2)19-7-4-3-5-8-19/h11-12,14-15,19H,3-10,13,16H2,1-2H3,(H,25,29)(H,26,27,30). The van der Waals surface area contributed by atoms with Crippen molar-refractivity contribution >= 4 is 5.91 Å². The first-order chi connectivity index (χ1) is 14.5. The average Bonchev–Trinajstić information content (AvgIpc) is 2.77. The maximum atomic E-state index is 12.5. The molecule has 7 nitrogen and oxygen atoms in total. The Labute approximate surface area is 178 Å². The van der Waals surface area contributed by atoms with Crippen molar-refractivity contribution in [2.45, 2.75) is 64.3 Å². The van der Waals surface area contributed by atoms with Gasteiger partial charge in [0, 0.05) is 48.2 Å². The lowest BCUT2D eigenvalue weighted by atomic mass is 9.94. The van der Waals surface area contributed by atoms with E-state index in [1.165, 1.54) is 32.1 Å². The molecular formula is C23H33N5O2. The molecule has 0 saturated heterocycles. The summed E-state index contributed by atoms with van der Waals surface area (Å²) < 4.78 is 0. The number of amides is 1. The van der Waals surface area contributed by atoms with Gasteiger partial charge in [-0.15, -0.1) is 0 Å². The fourth-order valence-electron chi connectivity index (χ4n) is 4.14. The zero-order valence-corrected chi connectivity index (χ0v) is 18.1. The summed E-state index contributed by atoms with van der Waals surface area (Å²) in [6, 6.07) is 4.30. The van der Waals surface area contributed by atoms with Crippen molar-refractivity contribution in [2.24, 2.45) is 0 Å². The number of aromatic nitrogens is 3. The molecule has 3 rings (SSSR count). The minimum absolute atomic E-state index is 0.0210. The number of rotatable bonds is 9. The largest absolute Gasteiger partial charge is 0.356 e. The van der Waals surface area contributed by atoms with Crippen LogP contribution >= 0.6 is 0 Å². The van der Waals surface area contributed by atoms with Crippen LogP contribution in [0.1, 0.15) is 56.2 Å². The summed E-state index contributed by atoms with van der Waals surface area (Å²) in [7, 11) is 2.19. The van der Waals surface area contributed by atoms with Crippen LogP contribution in [0.5, 0.6) is 0 Å². The predicted molar refractivity (Wildman–Crippen MR) is 118 cm³/mol. The van der Waals surface area contributed by atoms with E-state index in [1.807, 2.05) is 6.92 Å². The number of carbonyl (C=O) groups is 1. The lowest BCUT2D eigenvalue weighted by Crippen LogP contribution is -2.36. The fraction of sp³-hybridized carbons (Fsp3) is 0.565. The van der Waals surface area contributed by atoms with Crippen molar-refractivity contribution in [1.82, 2.24) is 25.2 Å². The van der Waals surface area contributed by atoms with E-state index < -0.39 is 0 Å². The van der Waals surface area contributed by atoms with E-state index in [-0.39, 0.29) is 11.5 Å². The Bertz CT molecular complexity index is 875. The number of H-pyrrole nitrogens is 1. The summed E-state index contributed by atoms with van der Waals surface area (Å²) in [5.41, 5.74) is 1.86. The number of nitrogens with zero attached hydrogens (tertiary/aromatic N) is 3. The maximum Gasteiger partial charge on any atom is 0.254 e. The molecule has 1 aliphatic carbocycles. The zero-order valence-electron chi connectivity index (χ0n) is 18.1. The second-order valence-electron chi connectivity index (χ2n) is 8.19. The minimum atomic E-state index is -0.184. The molecule has 1 aliphatic rings. The Morgan fingerprint density at radius 3 is 2.67 bits per heavy atom. The highest BCUT2D eigenvalue weighted by Gasteiger charge is 2.17. The highest BCUT2D eigenvalue weighted by Crippen LogP contribution is 2.21. The van der Waals surface area contributed by atoms with Crippen molar-refractivity contribution < 1.29 is 4.79 Å². The van der Waals surface area contributed by atoms with Gasteiger partial charge in [0.15, 0.2) is 0 Å². The molecule has 0 aromatic carbocycles. The molecule has 0 atom stereocenters. The summed E-state index contributed by atoms with van der Waals surface area (Å²) in [5.74, 6) is 0.502. The van der Waals surface area contributed by atoms with Crippen molar-refractivity contribution in [3.05, 3.63) is 46.1 Å². The number of aromatic amines is 1. The summed E-state index contributed by atoms with van der Waals surface area (Å²) >= 11 is 0. The van der Waals surface area contributed by atoms with Crippen LogP contribution < -0.4 is 10.9 Å². The van der Waals surface area contributed by atoms with Gasteiger partial charge in [-0.2, -0.15) is 0 Å². The number of hydrogen-bond donors (Lipinski definition) is 2. The normalized spacial score (nSPS) is 14.8. The SMILES string of the molecule is Cc1nc(-c2ccncc2)[nH]c(=O)c1CCC(=O)NCCCN(C)C1CCCCC1. The molecule has 2 heterocycles. The Morgan fingerprint density at radius 2 is 1.97 bits per heavy atom. The molecule has 30 heavy (non-hydrogen) atoms. The topological polar surface area (TPSA) is 91.0 Å². The Kier molecular flexibility index (Phi) is 8.13. The Hall–Kier alpha value is -2.54. The first-order valence-electron chi connectivity index (χ1n) is 11.0. The molecule has 1 amide bonds. The van der Waals surface area contributed by atoms with Crippen LogP contribution in [-0.2, 0) is 11.2 Å². The monoisotopic (exact) mass is 411 g/mol. The van der Waals surface area contributed by atoms with Crippen molar-refractivity contribution in [3.63, 3.8) is 0 Å². The summed E-state index contributed by atoms with van der Waals surface area (Å²) in [6.45, 7) is 3.49. The lowest BCUT2D eigenvalue weighted by molar-refractivity contribution is -0.121. The van der Waals surface area contributed by atoms with Gasteiger partial charge in [-0.25, -0.2) is 4.98 Å². The van der Waals surface area contributed by atoms with Gasteiger partial charge in [0.1, 0.15) is 5.82 Å². The van der Waals surface area contributed by atoms with Gasteiger partial charge in [-0.3, -0.25) is 14.6 Å². The van der Waals surface area contributed by atoms with Crippen LogP contribution in [0.25, 0.3) is 11.4 Å². The third-order valence-corrected chi connectivity index (χ3v) is 5.99. The molecule has 0 bridgehead atoms. The zero-order chi connectivity index (χ0) is 21.3. The van der Waals surface area contributed by atoms with E-state index in [9.17, 15) is 9.59 Å². The predicted octanol–water partition coefficient (Wildman–Crippen LogP) is 2.84. The van der Waals surface area contributed by atoms with Crippen LogP contribution in [0.4, 0.5) is 0 Å². The molecule has 2 N–H and O–H groups in total. The molecule has 7 heteroatoms. The van der Waals surface area contributed by atoms with Gasteiger partial charge >= 0.3 is 0 Å². The Morgan fingerprint density at radius 1 is 1.23 bits per heavy atom. The van der Waals surface area contributed by atoms with Crippen molar-refractivity contribution in [3.8, 4) is 11.4 Å². The molecule has 1 saturated carbocycles. The molecule has 1 fully saturated rings. The molecule has 2 aromatic heterocycles. The van der Waals surface area contributed by atoms with Gasteiger partial charge < -0.3 is 15.2 Å². The van der Waals surface area contributed by atoms with Gasteiger partial charge in [0.2, 0.25) is 5.91 Å². The second-order valence-corrected chi connectivity index (χ2v) is 8.19. The highest BCUT2D eigenvalue weighted by molar-refractivity contribution is 5.76. The van der Waals surface area contributed by atoms with E-state index in [0.29, 0.717) is 42.5 Å². The van der Waals surface area contributed by atoms with Gasteiger partial charge in [0.25, 0.3) is 5.56 Å². The number of aryl methyl sites for hydroxylation is 1. The molecule has 0 spiro atoms. The van der Waals surface area contributed by atoms with E-state index in [1.54, 1.807) is 24.5 Å². The van der Waals surface area contributed by atoms with Crippen LogP contribution in [0.3, 0.4) is 0 Å². The molecular weight excluding hydrogens is 378 g/mol. The summed E-state index contributed by atoms with van der Waals surface area (Å²) in [6.07, 6.45) is 11.6. The number of pyridine rings is 1. The van der Waals surface area contributed by atoms with Crippen LogP contribution in [-0.4, -0.2) is 51.9 Å². The van der Waals surface area contributed by atoms with E-state index in [4.69, 9.17) is 0 Å². The minimum Gasteiger partial charge on any atom is -0.356 e. The molecule has 2 aromatic rings. The third-order valence-electron chi connectivity index (χ3n) is 5.99. The van der Waals surface area contributed by atoms with Crippen molar-refractivity contribution in [1.29, 1.82) is 0 Å². The van der Waals surface area contributed by atoms with Crippen LogP contribution in [0.2, 0.25) is 0 Å². The second kappa shape index (κ2) is 11.0. The molecule has 0 unspecified atom stereocenters. The van der Waals surface area contributed by atoms with E-state index in [0.717, 1.165) is 18.5 Å². The van der Waals surface area contributed by atoms with Crippen molar-refractivity contribution in [2.75, 3.05) is 20.1 Å². The maximum absolute atomic E-state index is 12.5. The van der Waals surface area contributed by atoms with E-state index >= 15 is 0 Å². The average molecular weight is 412 g/mol. The summed E-state index contributed by atoms with van der Waals surface area (Å²) in [5, 5.41) is 2.98. The van der Waals surface area contributed by atoms with E-state index in [2.05, 4.69) is 32.2 Å². The molecule has 162 valence electrons. The number of carbonyl (C=O) groups excluding carboxylic acids is 1. The molecule has 0 radical (unpaired) electrons. The van der Waals surface area contributed by atoms with Crippen LogP contribution in [0.15, 0.2) is 29.3 Å². The van der Waals surface area contributed by atoms with Gasteiger partial charge in [-0.05, 0) is 58.3 Å². The number of hydrogen-bond acceptors (Lipinski definition) is 5. The third kappa shape index (κ3) is 6.23. The first-order valence-corrected chi connectivity index (χ1v) is 11.0. The first kappa shape index (κ1) is 22.2. The van der Waals surface area contributed by atoms with Gasteiger partial charge in [0.05, 0.1) is 0 Å². The summed E-state index contributed by atoms with van der Waals surface area (Å²) in [4.78, 5) is 38.4. The fourth-order valence-corrected chi connectivity index (χ4v) is 4.14. The van der Waals surface area contributed by atoms with Crippen LogP contribution in [0, 0.1) is 6.92 Å². The lowest BCUT2D eigenvalue weighted by Gasteiger charge is -2.31. The van der Waals surface area contributed by atoms with Gasteiger partial charge in [-0.1, -0.05) is 19.3 Å². The Balaban J connectivity index is 1.42.